The normalized spacial score (nSPS) is 18.6. The first-order valence-electron chi connectivity index (χ1n) is 8.65. The Bertz CT molecular complexity index is 720. The molecule has 0 unspecified atom stereocenters. The lowest BCUT2D eigenvalue weighted by Gasteiger charge is -2.30. The fraction of sp³-hybridized carbons (Fsp3) is 0.471. The molecule has 0 aromatic heterocycles. The molecule has 0 atom stereocenters. The number of nitrogens with one attached hydrogen (secondary N) is 3. The van der Waals surface area contributed by atoms with Crippen molar-refractivity contribution in [1.29, 1.82) is 0 Å². The molecular formula is C17H20F2N4O4. The minimum Gasteiger partial charge on any atom is -0.435 e. The van der Waals surface area contributed by atoms with Gasteiger partial charge in [0, 0.05) is 5.69 Å². The number of urea groups is 1. The van der Waals surface area contributed by atoms with Crippen molar-refractivity contribution in [3.63, 3.8) is 0 Å². The highest BCUT2D eigenvalue weighted by Crippen LogP contribution is 2.32. The number of imide groups is 1. The summed E-state index contributed by atoms with van der Waals surface area (Å²) in [4.78, 5) is 36.7. The SMILES string of the molecule is O=C(CNc1ccc(OC(F)F)cc1)NN1C(=O)NC2(CCCCC2)C1=O. The minimum atomic E-state index is -2.91. The van der Waals surface area contributed by atoms with Gasteiger partial charge in [-0.15, -0.1) is 0 Å². The van der Waals surface area contributed by atoms with E-state index in [9.17, 15) is 23.2 Å². The summed E-state index contributed by atoms with van der Waals surface area (Å²) < 4.78 is 28.5. The molecule has 1 saturated heterocycles. The van der Waals surface area contributed by atoms with Crippen LogP contribution in [0, 0.1) is 0 Å². The number of ether oxygens (including phenoxy) is 1. The van der Waals surface area contributed by atoms with E-state index in [1.165, 1.54) is 24.3 Å². The zero-order chi connectivity index (χ0) is 19.4. The monoisotopic (exact) mass is 382 g/mol. The van der Waals surface area contributed by atoms with Gasteiger partial charge in [-0.2, -0.15) is 13.8 Å². The lowest BCUT2D eigenvalue weighted by molar-refractivity contribution is -0.139. The highest BCUT2D eigenvalue weighted by atomic mass is 19.3. The molecule has 1 aliphatic heterocycles. The number of amides is 4. The van der Waals surface area contributed by atoms with Crippen molar-refractivity contribution in [2.45, 2.75) is 44.3 Å². The van der Waals surface area contributed by atoms with Gasteiger partial charge in [0.15, 0.2) is 0 Å². The van der Waals surface area contributed by atoms with Gasteiger partial charge < -0.3 is 15.4 Å². The predicted molar refractivity (Wildman–Crippen MR) is 90.9 cm³/mol. The van der Waals surface area contributed by atoms with Gasteiger partial charge in [-0.3, -0.25) is 15.0 Å². The van der Waals surface area contributed by atoms with Gasteiger partial charge in [-0.25, -0.2) is 4.79 Å². The summed E-state index contributed by atoms with van der Waals surface area (Å²) >= 11 is 0. The fourth-order valence-corrected chi connectivity index (χ4v) is 3.32. The van der Waals surface area contributed by atoms with Crippen LogP contribution in [-0.4, -0.2) is 41.5 Å². The molecular weight excluding hydrogens is 362 g/mol. The van der Waals surface area contributed by atoms with Crippen LogP contribution < -0.4 is 20.8 Å². The third-order valence-electron chi connectivity index (χ3n) is 4.64. The number of nitrogens with zero attached hydrogens (tertiary/aromatic N) is 1. The van der Waals surface area contributed by atoms with E-state index in [1.54, 1.807) is 0 Å². The second kappa shape index (κ2) is 7.77. The Morgan fingerprint density at radius 3 is 2.48 bits per heavy atom. The molecule has 0 bridgehead atoms. The third-order valence-corrected chi connectivity index (χ3v) is 4.64. The first kappa shape index (κ1) is 18.9. The van der Waals surface area contributed by atoms with E-state index in [-0.39, 0.29) is 12.3 Å². The van der Waals surface area contributed by atoms with Crippen LogP contribution in [0.15, 0.2) is 24.3 Å². The van der Waals surface area contributed by atoms with Gasteiger partial charge in [-0.05, 0) is 37.1 Å². The number of anilines is 1. The number of alkyl halides is 2. The largest absolute Gasteiger partial charge is 0.435 e. The number of rotatable bonds is 6. The van der Waals surface area contributed by atoms with Crippen LogP contribution in [0.25, 0.3) is 0 Å². The van der Waals surface area contributed by atoms with Crippen molar-refractivity contribution in [2.75, 3.05) is 11.9 Å². The molecule has 1 aromatic carbocycles. The number of carbonyl (C=O) groups is 3. The Morgan fingerprint density at radius 1 is 1.19 bits per heavy atom. The average molecular weight is 382 g/mol. The van der Waals surface area contributed by atoms with Crippen molar-refractivity contribution in [2.24, 2.45) is 0 Å². The molecule has 146 valence electrons. The summed E-state index contributed by atoms with van der Waals surface area (Å²) in [7, 11) is 0. The Kier molecular flexibility index (Phi) is 5.43. The Morgan fingerprint density at radius 2 is 1.85 bits per heavy atom. The van der Waals surface area contributed by atoms with Gasteiger partial charge in [0.25, 0.3) is 11.8 Å². The number of carbonyl (C=O) groups excluding carboxylic acids is 3. The summed E-state index contributed by atoms with van der Waals surface area (Å²) in [5.74, 6) is -1.02. The van der Waals surface area contributed by atoms with Gasteiger partial charge in [0.05, 0.1) is 6.54 Å². The van der Waals surface area contributed by atoms with Crippen LogP contribution in [0.2, 0.25) is 0 Å². The topological polar surface area (TPSA) is 99.8 Å². The molecule has 0 radical (unpaired) electrons. The molecule has 2 aliphatic rings. The lowest BCUT2D eigenvalue weighted by Crippen LogP contribution is -2.51. The molecule has 1 saturated carbocycles. The van der Waals surface area contributed by atoms with Gasteiger partial charge in [0.2, 0.25) is 0 Å². The van der Waals surface area contributed by atoms with E-state index in [4.69, 9.17) is 0 Å². The minimum absolute atomic E-state index is 0.00267. The van der Waals surface area contributed by atoms with Crippen LogP contribution in [-0.2, 0) is 9.59 Å². The van der Waals surface area contributed by atoms with E-state index in [1.807, 2.05) is 0 Å². The highest BCUT2D eigenvalue weighted by molar-refractivity contribution is 6.08. The maximum atomic E-state index is 12.6. The average Bonchev–Trinajstić information content (AvgIpc) is 2.85. The Labute approximate surface area is 154 Å². The van der Waals surface area contributed by atoms with Crippen molar-refractivity contribution in [3.05, 3.63) is 24.3 Å². The molecule has 8 nitrogen and oxygen atoms in total. The summed E-state index contributed by atoms with van der Waals surface area (Å²) in [6.45, 7) is -3.12. The summed E-state index contributed by atoms with van der Waals surface area (Å²) in [6, 6.07) is 4.96. The zero-order valence-corrected chi connectivity index (χ0v) is 14.5. The number of hydrazine groups is 1. The van der Waals surface area contributed by atoms with E-state index < -0.39 is 30.0 Å². The lowest BCUT2D eigenvalue weighted by atomic mass is 9.82. The van der Waals surface area contributed by atoms with Crippen LogP contribution >= 0.6 is 0 Å². The zero-order valence-electron chi connectivity index (χ0n) is 14.5. The van der Waals surface area contributed by atoms with Crippen molar-refractivity contribution in [3.8, 4) is 5.75 Å². The quantitative estimate of drug-likeness (QED) is 0.654. The molecule has 3 N–H and O–H groups in total. The summed E-state index contributed by atoms with van der Waals surface area (Å²) in [5.41, 5.74) is 1.89. The van der Waals surface area contributed by atoms with E-state index in [2.05, 4.69) is 20.8 Å². The molecule has 2 fully saturated rings. The highest BCUT2D eigenvalue weighted by Gasteiger charge is 2.52. The number of benzene rings is 1. The summed E-state index contributed by atoms with van der Waals surface area (Å²) in [6.07, 6.45) is 3.84. The third kappa shape index (κ3) is 4.26. The van der Waals surface area contributed by atoms with Gasteiger partial charge in [0.1, 0.15) is 11.3 Å². The van der Waals surface area contributed by atoms with Gasteiger partial charge in [-0.1, -0.05) is 19.3 Å². The van der Waals surface area contributed by atoms with E-state index >= 15 is 0 Å². The van der Waals surface area contributed by atoms with E-state index in [0.717, 1.165) is 24.3 Å². The van der Waals surface area contributed by atoms with Gasteiger partial charge >= 0.3 is 12.6 Å². The first-order chi connectivity index (χ1) is 12.9. The number of hydrogen-bond donors (Lipinski definition) is 3. The number of hydrogen-bond acceptors (Lipinski definition) is 5. The maximum Gasteiger partial charge on any atom is 0.387 e. The number of halogens is 2. The van der Waals surface area contributed by atoms with Crippen LogP contribution in [0.3, 0.4) is 0 Å². The molecule has 4 amide bonds. The van der Waals surface area contributed by atoms with Crippen molar-refractivity contribution >= 4 is 23.5 Å². The molecule has 1 heterocycles. The van der Waals surface area contributed by atoms with Crippen molar-refractivity contribution in [1.82, 2.24) is 15.8 Å². The maximum absolute atomic E-state index is 12.6. The fourth-order valence-electron chi connectivity index (χ4n) is 3.32. The molecule has 1 spiro atoms. The Balaban J connectivity index is 1.52. The second-order valence-corrected chi connectivity index (χ2v) is 6.50. The van der Waals surface area contributed by atoms with Crippen LogP contribution in [0.4, 0.5) is 19.3 Å². The molecule has 1 aromatic rings. The first-order valence-corrected chi connectivity index (χ1v) is 8.65. The standard InChI is InChI=1S/C17H20F2N4O4/c18-15(19)27-12-6-4-11(5-7-12)20-10-13(24)22-23-14(25)17(21-16(23)26)8-2-1-3-9-17/h4-7,15,20H,1-3,8-10H2,(H,21,26)(H,22,24). The Hall–Kier alpha value is -2.91. The second-order valence-electron chi connectivity index (χ2n) is 6.50. The van der Waals surface area contributed by atoms with Crippen molar-refractivity contribution < 1.29 is 27.9 Å². The van der Waals surface area contributed by atoms with Crippen LogP contribution in [0.1, 0.15) is 32.1 Å². The molecule has 10 heteroatoms. The molecule has 27 heavy (non-hydrogen) atoms. The molecule has 1 aliphatic carbocycles. The summed E-state index contributed by atoms with van der Waals surface area (Å²) in [5, 5.41) is 6.20. The molecule has 3 rings (SSSR count). The smallest absolute Gasteiger partial charge is 0.387 e. The van der Waals surface area contributed by atoms with E-state index in [0.29, 0.717) is 18.5 Å². The predicted octanol–water partition coefficient (Wildman–Crippen LogP) is 1.99. The van der Waals surface area contributed by atoms with Crippen LogP contribution in [0.5, 0.6) is 5.75 Å².